The summed E-state index contributed by atoms with van der Waals surface area (Å²) in [5, 5.41) is 3.37. The molecular formula is C20H24N2O3S2. The molecule has 7 heteroatoms. The van der Waals surface area contributed by atoms with E-state index in [0.29, 0.717) is 22.7 Å². The molecule has 1 atom stereocenters. The van der Waals surface area contributed by atoms with Gasteiger partial charge in [-0.15, -0.1) is 23.1 Å². The van der Waals surface area contributed by atoms with Crippen molar-refractivity contribution in [2.75, 3.05) is 18.2 Å². The van der Waals surface area contributed by atoms with Crippen LogP contribution in [0, 0.1) is 0 Å². The van der Waals surface area contributed by atoms with E-state index >= 15 is 0 Å². The number of nitrogen functional groups attached to an aromatic ring is 1. The van der Waals surface area contributed by atoms with E-state index in [1.807, 2.05) is 31.2 Å². The van der Waals surface area contributed by atoms with E-state index in [-0.39, 0.29) is 17.1 Å². The highest BCUT2D eigenvalue weighted by atomic mass is 32.2. The molecule has 0 spiro atoms. The van der Waals surface area contributed by atoms with Crippen molar-refractivity contribution < 1.29 is 14.3 Å². The van der Waals surface area contributed by atoms with Crippen LogP contribution >= 0.6 is 23.1 Å². The van der Waals surface area contributed by atoms with E-state index in [1.54, 1.807) is 0 Å². The van der Waals surface area contributed by atoms with Crippen LogP contribution in [-0.2, 0) is 22.4 Å². The molecule has 1 unspecified atom stereocenters. The van der Waals surface area contributed by atoms with E-state index in [0.717, 1.165) is 36.1 Å². The standard InChI is InChI=1S/C20H24N2O3S2/c1-3-15(26-13-10-8-12(21)9-11-13)18(23)22-19-17(20(24)25-2)14-6-4-5-7-16(14)27-19/h8-11,15H,3-7,21H2,1-2H3,(H,22,23). The number of hydrogen-bond acceptors (Lipinski definition) is 6. The maximum absolute atomic E-state index is 12.9. The molecule has 0 bridgehead atoms. The number of nitrogens with one attached hydrogen (secondary N) is 1. The number of carbonyl (C=O) groups is 2. The largest absolute Gasteiger partial charge is 0.465 e. The second-order valence-corrected chi connectivity index (χ2v) is 8.86. The summed E-state index contributed by atoms with van der Waals surface area (Å²) in [6, 6.07) is 7.49. The molecule has 0 fully saturated rings. The van der Waals surface area contributed by atoms with Crippen molar-refractivity contribution >= 4 is 45.7 Å². The molecule has 0 aliphatic heterocycles. The van der Waals surface area contributed by atoms with Crippen LogP contribution in [0.15, 0.2) is 29.2 Å². The molecule has 1 aromatic carbocycles. The second-order valence-electron chi connectivity index (χ2n) is 6.48. The van der Waals surface area contributed by atoms with Gasteiger partial charge in [-0.2, -0.15) is 0 Å². The van der Waals surface area contributed by atoms with Gasteiger partial charge in [0.05, 0.1) is 17.9 Å². The molecule has 1 heterocycles. The summed E-state index contributed by atoms with van der Waals surface area (Å²) in [6.07, 6.45) is 4.68. The zero-order valence-corrected chi connectivity index (χ0v) is 17.2. The summed E-state index contributed by atoms with van der Waals surface area (Å²) in [7, 11) is 1.38. The van der Waals surface area contributed by atoms with E-state index in [9.17, 15) is 9.59 Å². The van der Waals surface area contributed by atoms with Crippen molar-refractivity contribution in [2.45, 2.75) is 49.2 Å². The third-order valence-corrected chi connectivity index (χ3v) is 7.20. The number of methoxy groups -OCH3 is 1. The lowest BCUT2D eigenvalue weighted by molar-refractivity contribution is -0.115. The van der Waals surface area contributed by atoms with Gasteiger partial charge in [0, 0.05) is 15.5 Å². The number of rotatable bonds is 6. The Morgan fingerprint density at radius 3 is 2.63 bits per heavy atom. The zero-order valence-electron chi connectivity index (χ0n) is 15.5. The molecule has 1 aromatic heterocycles. The molecule has 0 saturated carbocycles. The van der Waals surface area contributed by atoms with Crippen molar-refractivity contribution in [1.29, 1.82) is 0 Å². The van der Waals surface area contributed by atoms with Crippen LogP contribution in [0.4, 0.5) is 10.7 Å². The number of carbonyl (C=O) groups excluding carboxylic acids is 2. The minimum Gasteiger partial charge on any atom is -0.465 e. The van der Waals surface area contributed by atoms with Crippen molar-refractivity contribution in [3.05, 3.63) is 40.3 Å². The lowest BCUT2D eigenvalue weighted by Gasteiger charge is -2.15. The SMILES string of the molecule is CCC(Sc1ccc(N)cc1)C(=O)Nc1sc2c(c1C(=O)OC)CCCC2. The summed E-state index contributed by atoms with van der Waals surface area (Å²) in [4.78, 5) is 27.4. The third kappa shape index (κ3) is 4.47. The van der Waals surface area contributed by atoms with Gasteiger partial charge >= 0.3 is 5.97 Å². The Kier molecular flexibility index (Phi) is 6.44. The zero-order chi connectivity index (χ0) is 19.4. The summed E-state index contributed by atoms with van der Waals surface area (Å²) in [5.41, 5.74) is 8.01. The maximum Gasteiger partial charge on any atom is 0.341 e. The molecule has 1 amide bonds. The number of benzene rings is 1. The first-order valence-corrected chi connectivity index (χ1v) is 10.8. The van der Waals surface area contributed by atoms with E-state index in [1.165, 1.54) is 35.1 Å². The lowest BCUT2D eigenvalue weighted by atomic mass is 9.95. The molecule has 0 saturated heterocycles. The fourth-order valence-electron chi connectivity index (χ4n) is 3.20. The summed E-state index contributed by atoms with van der Waals surface area (Å²) in [6.45, 7) is 1.98. The van der Waals surface area contributed by atoms with Crippen LogP contribution in [-0.4, -0.2) is 24.2 Å². The highest BCUT2D eigenvalue weighted by Gasteiger charge is 2.28. The van der Waals surface area contributed by atoms with Gasteiger partial charge in [0.15, 0.2) is 0 Å². The second kappa shape index (κ2) is 8.80. The maximum atomic E-state index is 12.9. The van der Waals surface area contributed by atoms with Crippen LogP contribution in [0.1, 0.15) is 47.0 Å². The van der Waals surface area contributed by atoms with Crippen LogP contribution in [0.5, 0.6) is 0 Å². The molecule has 5 nitrogen and oxygen atoms in total. The van der Waals surface area contributed by atoms with E-state index < -0.39 is 0 Å². The molecule has 3 rings (SSSR count). The van der Waals surface area contributed by atoms with Crippen molar-refractivity contribution in [2.24, 2.45) is 0 Å². The topological polar surface area (TPSA) is 81.4 Å². The van der Waals surface area contributed by atoms with Crippen LogP contribution in [0.3, 0.4) is 0 Å². The normalized spacial score (nSPS) is 14.3. The highest BCUT2D eigenvalue weighted by Crippen LogP contribution is 2.39. The number of amides is 1. The fourth-order valence-corrected chi connectivity index (χ4v) is 5.43. The van der Waals surface area contributed by atoms with Crippen LogP contribution in [0.25, 0.3) is 0 Å². The van der Waals surface area contributed by atoms with Gasteiger partial charge in [-0.1, -0.05) is 6.92 Å². The molecule has 2 aromatic rings. The Morgan fingerprint density at radius 2 is 1.96 bits per heavy atom. The number of aryl methyl sites for hydroxylation is 1. The molecule has 0 radical (unpaired) electrons. The molecule has 3 N–H and O–H groups in total. The first-order valence-electron chi connectivity index (χ1n) is 9.09. The highest BCUT2D eigenvalue weighted by molar-refractivity contribution is 8.00. The predicted molar refractivity (Wildman–Crippen MR) is 112 cm³/mol. The number of nitrogens with two attached hydrogens (primary N) is 1. The summed E-state index contributed by atoms with van der Waals surface area (Å²) in [5.74, 6) is -0.466. The average Bonchev–Trinajstić information content (AvgIpc) is 3.04. The van der Waals surface area contributed by atoms with Gasteiger partial charge in [0.2, 0.25) is 5.91 Å². The minimum absolute atomic E-state index is 0.0944. The average molecular weight is 405 g/mol. The van der Waals surface area contributed by atoms with Crippen molar-refractivity contribution in [3.8, 4) is 0 Å². The minimum atomic E-state index is -0.371. The number of thiophene rings is 1. The van der Waals surface area contributed by atoms with Crippen LogP contribution < -0.4 is 11.1 Å². The van der Waals surface area contributed by atoms with Crippen molar-refractivity contribution in [3.63, 3.8) is 0 Å². The number of ether oxygens (including phenoxy) is 1. The Morgan fingerprint density at radius 1 is 1.26 bits per heavy atom. The van der Waals surface area contributed by atoms with Gasteiger partial charge in [-0.05, 0) is 61.9 Å². The van der Waals surface area contributed by atoms with Gasteiger partial charge < -0.3 is 15.8 Å². The molecule has 1 aliphatic rings. The quantitative estimate of drug-likeness (QED) is 0.421. The van der Waals surface area contributed by atoms with Crippen LogP contribution in [0.2, 0.25) is 0 Å². The number of thioether (sulfide) groups is 1. The Hall–Kier alpha value is -1.99. The summed E-state index contributed by atoms with van der Waals surface area (Å²) < 4.78 is 4.98. The van der Waals surface area contributed by atoms with Gasteiger partial charge in [0.25, 0.3) is 0 Å². The number of anilines is 2. The van der Waals surface area contributed by atoms with Gasteiger partial charge in [0.1, 0.15) is 5.00 Å². The Balaban J connectivity index is 1.80. The first-order chi connectivity index (χ1) is 13.0. The van der Waals surface area contributed by atoms with Crippen molar-refractivity contribution in [1.82, 2.24) is 0 Å². The molecule has 1 aliphatic carbocycles. The molecule has 27 heavy (non-hydrogen) atoms. The van der Waals surface area contributed by atoms with E-state index in [4.69, 9.17) is 10.5 Å². The lowest BCUT2D eigenvalue weighted by Crippen LogP contribution is -2.25. The Bertz CT molecular complexity index is 830. The third-order valence-electron chi connectivity index (χ3n) is 4.62. The number of esters is 1. The molecule has 144 valence electrons. The number of fused-ring (bicyclic) bond motifs is 1. The first kappa shape index (κ1) is 19.8. The monoisotopic (exact) mass is 404 g/mol. The van der Waals surface area contributed by atoms with Gasteiger partial charge in [-0.25, -0.2) is 4.79 Å². The molecular weight excluding hydrogens is 380 g/mol. The smallest absolute Gasteiger partial charge is 0.341 e. The Labute approximate surface area is 167 Å². The number of hydrogen-bond donors (Lipinski definition) is 2. The summed E-state index contributed by atoms with van der Waals surface area (Å²) >= 11 is 3.01. The fraction of sp³-hybridized carbons (Fsp3) is 0.400. The van der Waals surface area contributed by atoms with Gasteiger partial charge in [-0.3, -0.25) is 4.79 Å². The predicted octanol–water partition coefficient (Wildman–Crippen LogP) is 4.51. The van der Waals surface area contributed by atoms with E-state index in [2.05, 4.69) is 5.32 Å².